The molecule has 1 fully saturated rings. The first kappa shape index (κ1) is 29.9. The second-order valence-corrected chi connectivity index (χ2v) is 12.4. The number of urea groups is 1. The average Bonchev–Trinajstić information content (AvgIpc) is 3.68. The van der Waals surface area contributed by atoms with Crippen molar-refractivity contribution in [1.29, 1.82) is 0 Å². The highest BCUT2D eigenvalue weighted by molar-refractivity contribution is 7.22. The predicted molar refractivity (Wildman–Crippen MR) is 169 cm³/mol. The van der Waals surface area contributed by atoms with E-state index in [4.69, 9.17) is 9.72 Å². The van der Waals surface area contributed by atoms with E-state index >= 15 is 0 Å². The number of unbranched alkanes of at least 4 members (excludes halogenated alkanes) is 1. The van der Waals surface area contributed by atoms with Gasteiger partial charge in [-0.15, -0.1) is 11.3 Å². The first-order valence-corrected chi connectivity index (χ1v) is 15.8. The number of nitrogens with zero attached hydrogens (tertiary/aromatic N) is 2. The number of thiophene rings is 1. The fourth-order valence-electron chi connectivity index (χ4n) is 5.05. The smallest absolute Gasteiger partial charge is 0.319 e. The van der Waals surface area contributed by atoms with Gasteiger partial charge in [0.1, 0.15) is 5.75 Å². The molecule has 9 heteroatoms. The first-order chi connectivity index (χ1) is 20.4. The molecule has 222 valence electrons. The Morgan fingerprint density at radius 2 is 1.95 bits per heavy atom. The van der Waals surface area contributed by atoms with Crippen molar-refractivity contribution >= 4 is 33.3 Å². The molecule has 7 nitrogen and oxygen atoms in total. The lowest BCUT2D eigenvalue weighted by molar-refractivity contribution is 0.251. The van der Waals surface area contributed by atoms with Crippen LogP contribution in [0.5, 0.6) is 11.5 Å². The van der Waals surface area contributed by atoms with Crippen molar-refractivity contribution < 1.29 is 13.9 Å². The molecule has 3 heterocycles. The lowest BCUT2D eigenvalue weighted by atomic mass is 9.94. The second-order valence-electron chi connectivity index (χ2n) is 11.3. The van der Waals surface area contributed by atoms with E-state index in [-0.39, 0.29) is 17.8 Å². The van der Waals surface area contributed by atoms with E-state index in [0.717, 1.165) is 40.1 Å². The Kier molecular flexibility index (Phi) is 10.0. The summed E-state index contributed by atoms with van der Waals surface area (Å²) in [5, 5.41) is 8.96. The summed E-state index contributed by atoms with van der Waals surface area (Å²) in [6, 6.07) is 12.9. The molecule has 0 spiro atoms. The van der Waals surface area contributed by atoms with E-state index < -0.39 is 5.82 Å². The van der Waals surface area contributed by atoms with Gasteiger partial charge in [0.25, 0.3) is 0 Å². The molecule has 1 saturated carbocycles. The van der Waals surface area contributed by atoms with Gasteiger partial charge in [-0.1, -0.05) is 32.8 Å². The van der Waals surface area contributed by atoms with Crippen LogP contribution < -0.4 is 20.7 Å². The molecule has 2 amide bonds. The number of aromatic nitrogens is 2. The number of anilines is 1. The van der Waals surface area contributed by atoms with Gasteiger partial charge in [0.05, 0.1) is 20.8 Å². The Morgan fingerprint density at radius 3 is 2.67 bits per heavy atom. The molecule has 4 aromatic rings. The Balaban J connectivity index is 1.22. The van der Waals surface area contributed by atoms with Gasteiger partial charge in [-0.05, 0) is 81.3 Å². The number of halogens is 1. The zero-order chi connectivity index (χ0) is 29.5. The fourth-order valence-corrected chi connectivity index (χ4v) is 6.09. The number of amides is 2. The number of benzene rings is 1. The Bertz CT molecular complexity index is 1490. The highest BCUT2D eigenvalue weighted by Gasteiger charge is 2.23. The van der Waals surface area contributed by atoms with Crippen LogP contribution in [0.3, 0.4) is 0 Å². The summed E-state index contributed by atoms with van der Waals surface area (Å²) in [5.41, 5.74) is 3.25. The number of hydrogen-bond donors (Lipinski definition) is 3. The number of carbonyl (C=O) groups excluding carboxylic acids is 1. The molecule has 1 aliphatic rings. The van der Waals surface area contributed by atoms with Crippen LogP contribution >= 0.6 is 11.3 Å². The van der Waals surface area contributed by atoms with Crippen molar-refractivity contribution in [3.63, 3.8) is 0 Å². The molecule has 3 aromatic heterocycles. The van der Waals surface area contributed by atoms with E-state index in [9.17, 15) is 9.18 Å². The largest absolute Gasteiger partial charge is 0.453 e. The average molecular weight is 590 g/mol. The van der Waals surface area contributed by atoms with E-state index in [2.05, 4.69) is 54.0 Å². The van der Waals surface area contributed by atoms with Crippen molar-refractivity contribution in [1.82, 2.24) is 20.6 Å². The molecule has 0 saturated heterocycles. The summed E-state index contributed by atoms with van der Waals surface area (Å²) >= 11 is 1.52. The number of ether oxygens (including phenoxy) is 1. The third-order valence-electron chi connectivity index (χ3n) is 7.68. The number of fused-ring (bicyclic) bond motifs is 1. The zero-order valence-corrected chi connectivity index (χ0v) is 25.4. The van der Waals surface area contributed by atoms with Crippen LogP contribution in [0.4, 0.5) is 14.9 Å². The maximum atomic E-state index is 14.9. The van der Waals surface area contributed by atoms with Gasteiger partial charge in [-0.2, -0.15) is 0 Å². The van der Waals surface area contributed by atoms with Crippen LogP contribution in [0, 0.1) is 11.7 Å². The third kappa shape index (κ3) is 8.04. The van der Waals surface area contributed by atoms with Crippen molar-refractivity contribution in [3.8, 4) is 22.1 Å². The van der Waals surface area contributed by atoms with Gasteiger partial charge in [-0.3, -0.25) is 9.97 Å². The normalized spacial score (nSPS) is 14.5. The molecule has 2 unspecified atom stereocenters. The lowest BCUT2D eigenvalue weighted by Crippen LogP contribution is -2.30. The van der Waals surface area contributed by atoms with Gasteiger partial charge in [0.2, 0.25) is 0 Å². The monoisotopic (exact) mass is 589 g/mol. The standard InChI is InChI=1S/C33H40FN5O2S/c1-4-5-6-23(35-3)9-7-21(2)17-22-8-13-27(37-20-22)31-19-28-32(42-31)30(15-16-36-28)41-29-14-12-25(18-26(29)34)39-33(40)38-24-10-11-24/h8,12-16,18-21,23-24,35H,4-7,9-11,17H2,1-3H3,(H2,38,39,40). The molecule has 1 aromatic carbocycles. The van der Waals surface area contributed by atoms with Gasteiger partial charge in [-0.25, -0.2) is 9.18 Å². The minimum Gasteiger partial charge on any atom is -0.453 e. The fraction of sp³-hybridized carbons (Fsp3) is 0.424. The molecule has 2 atom stereocenters. The maximum Gasteiger partial charge on any atom is 0.319 e. The predicted octanol–water partition coefficient (Wildman–Crippen LogP) is 8.31. The Morgan fingerprint density at radius 1 is 1.10 bits per heavy atom. The second kappa shape index (κ2) is 14.1. The summed E-state index contributed by atoms with van der Waals surface area (Å²) in [7, 11) is 2.07. The number of rotatable bonds is 14. The highest BCUT2D eigenvalue weighted by Crippen LogP contribution is 2.39. The van der Waals surface area contributed by atoms with Crippen LogP contribution in [-0.4, -0.2) is 35.1 Å². The van der Waals surface area contributed by atoms with Gasteiger partial charge >= 0.3 is 6.03 Å². The molecule has 0 bridgehead atoms. The zero-order valence-electron chi connectivity index (χ0n) is 24.6. The van der Waals surface area contributed by atoms with E-state index in [1.807, 2.05) is 12.3 Å². The molecule has 42 heavy (non-hydrogen) atoms. The van der Waals surface area contributed by atoms with Crippen LogP contribution in [0.25, 0.3) is 20.8 Å². The third-order valence-corrected chi connectivity index (χ3v) is 8.84. The number of carbonyl (C=O) groups is 1. The first-order valence-electron chi connectivity index (χ1n) is 15.0. The molecule has 3 N–H and O–H groups in total. The topological polar surface area (TPSA) is 88.2 Å². The van der Waals surface area contributed by atoms with E-state index in [0.29, 0.717) is 23.4 Å². The summed E-state index contributed by atoms with van der Waals surface area (Å²) in [6.07, 6.45) is 12.8. The molecular weight excluding hydrogens is 549 g/mol. The SMILES string of the molecule is CCCCC(CCC(C)Cc1ccc(-c2cc3nccc(Oc4ccc(NC(=O)NC5CC5)cc4F)c3s2)nc1)NC. The quantitative estimate of drug-likeness (QED) is 0.138. The van der Waals surface area contributed by atoms with Crippen LogP contribution in [0.2, 0.25) is 0 Å². The number of nitrogens with one attached hydrogen (secondary N) is 3. The summed E-state index contributed by atoms with van der Waals surface area (Å²) in [4.78, 5) is 22.2. The van der Waals surface area contributed by atoms with Gasteiger partial charge in [0.15, 0.2) is 11.6 Å². The molecule has 5 rings (SSSR count). The summed E-state index contributed by atoms with van der Waals surface area (Å²) < 4.78 is 21.7. The van der Waals surface area contributed by atoms with E-state index in [1.54, 1.807) is 18.3 Å². The highest BCUT2D eigenvalue weighted by atomic mass is 32.1. The van der Waals surface area contributed by atoms with Crippen molar-refractivity contribution in [2.24, 2.45) is 5.92 Å². The summed E-state index contributed by atoms with van der Waals surface area (Å²) in [6.45, 7) is 4.56. The molecule has 1 aliphatic carbocycles. The number of hydrogen-bond acceptors (Lipinski definition) is 6. The van der Waals surface area contributed by atoms with Crippen LogP contribution in [0.1, 0.15) is 64.4 Å². The van der Waals surface area contributed by atoms with Gasteiger partial charge in [0, 0.05) is 42.3 Å². The van der Waals surface area contributed by atoms with Gasteiger partial charge < -0.3 is 20.7 Å². The Labute approximate surface area is 251 Å². The van der Waals surface area contributed by atoms with E-state index in [1.165, 1.54) is 61.1 Å². The maximum absolute atomic E-state index is 14.9. The van der Waals surface area contributed by atoms with Crippen molar-refractivity contribution in [3.05, 3.63) is 66.2 Å². The van der Waals surface area contributed by atoms with Crippen LogP contribution in [0.15, 0.2) is 54.9 Å². The minimum absolute atomic E-state index is 0.0774. The minimum atomic E-state index is -0.560. The van der Waals surface area contributed by atoms with Crippen molar-refractivity contribution in [2.75, 3.05) is 12.4 Å². The van der Waals surface area contributed by atoms with Crippen LogP contribution in [-0.2, 0) is 6.42 Å². The van der Waals surface area contributed by atoms with Crippen molar-refractivity contribution in [2.45, 2.75) is 77.3 Å². The number of pyridine rings is 2. The lowest BCUT2D eigenvalue weighted by Gasteiger charge is -2.18. The molecule has 0 aliphatic heterocycles. The summed E-state index contributed by atoms with van der Waals surface area (Å²) in [5.74, 6) is 0.628. The molecular formula is C33H40FN5O2S. The Hall–Kier alpha value is -3.56. The molecule has 0 radical (unpaired) electrons.